The molecule has 0 atom stereocenters. The van der Waals surface area contributed by atoms with Gasteiger partial charge in [0.25, 0.3) is 5.91 Å². The Labute approximate surface area is 144 Å². The number of nitrogens with zero attached hydrogens (tertiary/aromatic N) is 3. The first-order valence-electron chi connectivity index (χ1n) is 8.03. The second kappa shape index (κ2) is 6.24. The van der Waals surface area contributed by atoms with Gasteiger partial charge in [-0.25, -0.2) is 4.98 Å². The van der Waals surface area contributed by atoms with Gasteiger partial charge in [0.05, 0.1) is 11.2 Å². The van der Waals surface area contributed by atoms with Crippen LogP contribution in [-0.4, -0.2) is 25.7 Å². The van der Waals surface area contributed by atoms with Crippen molar-refractivity contribution in [2.24, 2.45) is 0 Å². The molecule has 124 valence electrons. The first kappa shape index (κ1) is 15.1. The molecule has 0 aliphatic rings. The van der Waals surface area contributed by atoms with Gasteiger partial charge in [0.15, 0.2) is 5.69 Å². The Bertz CT molecular complexity index is 1050. The topological polar surface area (TPSA) is 75.6 Å². The number of fused-ring (bicyclic) bond motifs is 1. The molecule has 2 aromatic heterocycles. The maximum atomic E-state index is 12.5. The van der Waals surface area contributed by atoms with Crippen LogP contribution in [0, 0.1) is 6.92 Å². The van der Waals surface area contributed by atoms with Crippen LogP contribution in [0.25, 0.3) is 16.6 Å². The first-order valence-corrected chi connectivity index (χ1v) is 8.03. The molecule has 0 bridgehead atoms. The van der Waals surface area contributed by atoms with E-state index in [1.54, 1.807) is 6.20 Å². The summed E-state index contributed by atoms with van der Waals surface area (Å²) in [5, 5.41) is 10.8. The van der Waals surface area contributed by atoms with Crippen LogP contribution in [0.5, 0.6) is 0 Å². The molecular weight excluding hydrogens is 314 g/mol. The predicted molar refractivity (Wildman–Crippen MR) is 95.6 cm³/mol. The number of carbonyl (C=O) groups excluding carboxylic acids is 1. The van der Waals surface area contributed by atoms with Crippen LogP contribution in [0.2, 0.25) is 0 Å². The second-order valence-corrected chi connectivity index (χ2v) is 5.77. The fraction of sp³-hybridized carbons (Fsp3) is 0.105. The molecule has 0 unspecified atom stereocenters. The monoisotopic (exact) mass is 331 g/mol. The molecule has 1 amide bonds. The Kier molecular flexibility index (Phi) is 3.78. The van der Waals surface area contributed by atoms with E-state index in [9.17, 15) is 4.79 Å². The minimum Gasteiger partial charge on any atom is -0.346 e. The number of H-pyrrole nitrogens is 1. The van der Waals surface area contributed by atoms with Gasteiger partial charge >= 0.3 is 0 Å². The van der Waals surface area contributed by atoms with Crippen molar-refractivity contribution in [1.82, 2.24) is 25.1 Å². The number of rotatable bonds is 4. The molecule has 0 aliphatic heterocycles. The number of imidazole rings is 1. The summed E-state index contributed by atoms with van der Waals surface area (Å²) >= 11 is 0. The van der Waals surface area contributed by atoms with Gasteiger partial charge < -0.3 is 9.88 Å². The number of hydrogen-bond acceptors (Lipinski definition) is 3. The van der Waals surface area contributed by atoms with Gasteiger partial charge in [-0.1, -0.05) is 36.4 Å². The highest BCUT2D eigenvalue weighted by atomic mass is 16.1. The average molecular weight is 331 g/mol. The second-order valence-electron chi connectivity index (χ2n) is 5.77. The summed E-state index contributed by atoms with van der Waals surface area (Å²) in [6, 6.07) is 15.5. The van der Waals surface area contributed by atoms with E-state index in [0.29, 0.717) is 12.2 Å². The maximum Gasteiger partial charge on any atom is 0.272 e. The maximum absolute atomic E-state index is 12.5. The summed E-state index contributed by atoms with van der Waals surface area (Å²) in [7, 11) is 0. The van der Waals surface area contributed by atoms with Crippen LogP contribution in [0.4, 0.5) is 0 Å². The molecule has 25 heavy (non-hydrogen) atoms. The minimum atomic E-state index is -0.199. The van der Waals surface area contributed by atoms with Crippen LogP contribution in [-0.2, 0) is 6.54 Å². The van der Waals surface area contributed by atoms with E-state index in [0.717, 1.165) is 28.0 Å². The third-order valence-corrected chi connectivity index (χ3v) is 4.20. The molecule has 0 radical (unpaired) electrons. The van der Waals surface area contributed by atoms with Crippen molar-refractivity contribution in [3.63, 3.8) is 0 Å². The van der Waals surface area contributed by atoms with Gasteiger partial charge in [-0.15, -0.1) is 0 Å². The summed E-state index contributed by atoms with van der Waals surface area (Å²) in [5.41, 5.74) is 3.27. The van der Waals surface area contributed by atoms with Gasteiger partial charge in [0.1, 0.15) is 5.82 Å². The van der Waals surface area contributed by atoms with E-state index in [1.807, 2.05) is 66.2 Å². The highest BCUT2D eigenvalue weighted by molar-refractivity contribution is 6.04. The van der Waals surface area contributed by atoms with Crippen LogP contribution in [0.3, 0.4) is 0 Å². The summed E-state index contributed by atoms with van der Waals surface area (Å²) in [6.07, 6.45) is 3.68. The van der Waals surface area contributed by atoms with E-state index < -0.39 is 0 Å². The zero-order valence-electron chi connectivity index (χ0n) is 13.7. The summed E-state index contributed by atoms with van der Waals surface area (Å²) in [4.78, 5) is 16.8. The Balaban J connectivity index is 1.58. The molecular formula is C19H17N5O. The number of aryl methyl sites for hydroxylation is 1. The summed E-state index contributed by atoms with van der Waals surface area (Å²) in [5.74, 6) is 0.701. The van der Waals surface area contributed by atoms with Crippen molar-refractivity contribution in [2.75, 3.05) is 0 Å². The predicted octanol–water partition coefficient (Wildman–Crippen LogP) is 2.99. The van der Waals surface area contributed by atoms with E-state index in [1.165, 1.54) is 0 Å². The number of benzene rings is 2. The van der Waals surface area contributed by atoms with Crippen LogP contribution in [0.15, 0.2) is 60.9 Å². The number of para-hydroxylation sites is 2. The number of amides is 1. The molecule has 6 heteroatoms. The van der Waals surface area contributed by atoms with Crippen molar-refractivity contribution in [3.8, 4) is 5.69 Å². The van der Waals surface area contributed by atoms with Crippen molar-refractivity contribution in [3.05, 3.63) is 78.0 Å². The molecule has 2 heterocycles. The van der Waals surface area contributed by atoms with E-state index >= 15 is 0 Å². The third-order valence-electron chi connectivity index (χ3n) is 4.20. The van der Waals surface area contributed by atoms with Crippen molar-refractivity contribution < 1.29 is 4.79 Å². The molecule has 4 aromatic rings. The Morgan fingerprint density at radius 1 is 1.16 bits per heavy atom. The number of aromatic amines is 1. The normalized spacial score (nSPS) is 10.9. The molecule has 0 fully saturated rings. The Morgan fingerprint density at radius 2 is 1.96 bits per heavy atom. The molecule has 6 nitrogen and oxygen atoms in total. The van der Waals surface area contributed by atoms with Crippen LogP contribution in [0.1, 0.15) is 21.9 Å². The lowest BCUT2D eigenvalue weighted by atomic mass is 10.1. The van der Waals surface area contributed by atoms with Gasteiger partial charge in [0.2, 0.25) is 0 Å². The van der Waals surface area contributed by atoms with Gasteiger partial charge in [0, 0.05) is 24.3 Å². The van der Waals surface area contributed by atoms with E-state index in [-0.39, 0.29) is 5.91 Å². The van der Waals surface area contributed by atoms with E-state index in [4.69, 9.17) is 0 Å². The molecule has 0 aliphatic carbocycles. The smallest absolute Gasteiger partial charge is 0.272 e. The molecule has 0 saturated carbocycles. The quantitative estimate of drug-likeness (QED) is 0.603. The highest BCUT2D eigenvalue weighted by Crippen LogP contribution is 2.17. The lowest BCUT2D eigenvalue weighted by Crippen LogP contribution is -2.24. The number of hydrogen-bond donors (Lipinski definition) is 2. The number of carbonyl (C=O) groups is 1. The Morgan fingerprint density at radius 3 is 2.80 bits per heavy atom. The van der Waals surface area contributed by atoms with Gasteiger partial charge in [-0.3, -0.25) is 9.89 Å². The number of nitrogens with one attached hydrogen (secondary N) is 2. The lowest BCUT2D eigenvalue weighted by molar-refractivity contribution is 0.0947. The SMILES string of the molecule is Cc1nccn1-c1ccccc1CNC(=O)c1n[nH]c2ccccc12. The fourth-order valence-corrected chi connectivity index (χ4v) is 2.92. The van der Waals surface area contributed by atoms with Crippen LogP contribution < -0.4 is 5.32 Å². The average Bonchev–Trinajstić information content (AvgIpc) is 3.26. The third kappa shape index (κ3) is 2.78. The number of aromatic nitrogens is 4. The van der Waals surface area contributed by atoms with Crippen molar-refractivity contribution in [1.29, 1.82) is 0 Å². The highest BCUT2D eigenvalue weighted by Gasteiger charge is 2.14. The van der Waals surface area contributed by atoms with E-state index in [2.05, 4.69) is 20.5 Å². The largest absolute Gasteiger partial charge is 0.346 e. The van der Waals surface area contributed by atoms with Gasteiger partial charge in [-0.05, 0) is 24.6 Å². The standard InChI is InChI=1S/C19H17N5O/c1-13-20-10-11-24(13)17-9-5-2-6-14(17)12-21-19(25)18-15-7-3-4-8-16(15)22-23-18/h2-11H,12H2,1H3,(H,21,25)(H,22,23). The molecule has 2 N–H and O–H groups in total. The summed E-state index contributed by atoms with van der Waals surface area (Å²) in [6.45, 7) is 2.36. The van der Waals surface area contributed by atoms with Crippen LogP contribution >= 0.6 is 0 Å². The van der Waals surface area contributed by atoms with Crippen molar-refractivity contribution >= 4 is 16.8 Å². The molecule has 4 rings (SSSR count). The Hall–Kier alpha value is -3.41. The fourth-order valence-electron chi connectivity index (χ4n) is 2.92. The van der Waals surface area contributed by atoms with Gasteiger partial charge in [-0.2, -0.15) is 5.10 Å². The van der Waals surface area contributed by atoms with Crippen molar-refractivity contribution in [2.45, 2.75) is 13.5 Å². The zero-order chi connectivity index (χ0) is 17.2. The summed E-state index contributed by atoms with van der Waals surface area (Å²) < 4.78 is 2.01. The zero-order valence-corrected chi connectivity index (χ0v) is 13.7. The molecule has 2 aromatic carbocycles. The first-order chi connectivity index (χ1) is 12.2. The lowest BCUT2D eigenvalue weighted by Gasteiger charge is -2.12. The minimum absolute atomic E-state index is 0.199. The molecule has 0 saturated heterocycles. The molecule has 0 spiro atoms.